The molecule has 6 heterocycles. The predicted octanol–water partition coefficient (Wildman–Crippen LogP) is 10.5. The van der Waals surface area contributed by atoms with Crippen molar-refractivity contribution in [3.63, 3.8) is 0 Å². The van der Waals surface area contributed by atoms with Crippen LogP contribution in [0.15, 0.2) is 91.3 Å². The van der Waals surface area contributed by atoms with E-state index < -0.39 is 25.3 Å². The second kappa shape index (κ2) is 19.9. The number of amides is 1. The second-order valence-electron chi connectivity index (χ2n) is 15.3. The molecule has 0 saturated carbocycles. The van der Waals surface area contributed by atoms with E-state index in [-0.39, 0.29) is 46.8 Å². The third-order valence-electron chi connectivity index (χ3n) is 9.82. The van der Waals surface area contributed by atoms with Gasteiger partial charge in [-0.25, -0.2) is 31.6 Å². The highest BCUT2D eigenvalue weighted by atomic mass is 35.5. The fourth-order valence-corrected chi connectivity index (χ4v) is 13.2. The number of nitrogens with one attached hydrogen (secondary N) is 1. The summed E-state index contributed by atoms with van der Waals surface area (Å²) in [5.74, 6) is 1.54. The summed E-state index contributed by atoms with van der Waals surface area (Å²) in [7, 11) is -7.45. The van der Waals surface area contributed by atoms with E-state index in [0.717, 1.165) is 65.0 Å². The van der Waals surface area contributed by atoms with Crippen molar-refractivity contribution < 1.29 is 26.4 Å². The summed E-state index contributed by atoms with van der Waals surface area (Å²) in [5, 5.41) is 6.02. The summed E-state index contributed by atoms with van der Waals surface area (Å²) in [6.45, 7) is 11.5. The standard InChI is InChI=1S/C23H25Cl2N3O4S2.C18H17Cl2N3O2S2.ClH/c1-23(2,3)32-22(29)28-10-4-9-27(11-12-28)21-16-14-20(33-19(16)7-8-26-21)34(30,31)15-5-6-17(24)18(25)13-15;19-14-3-2-12(10-15(14)20)27(24,25)17-11-13-16(26-17)4-6-22-18(13)23-8-1-5-21-7-9-23;/h5-8,13-14H,4,9-12H2,1-3H3;2-4,6,10-11,21H,1,5,7-9H2;1H. The fourth-order valence-electron chi connectivity index (χ4n) is 6.84. The number of hydrogen-bond acceptors (Lipinski definition) is 13. The zero-order valence-corrected chi connectivity index (χ0v) is 40.8. The molecule has 8 rings (SSSR count). The van der Waals surface area contributed by atoms with Crippen LogP contribution in [-0.2, 0) is 24.4 Å². The van der Waals surface area contributed by atoms with E-state index in [2.05, 4.69) is 25.1 Å². The molecule has 1 N–H and O–H groups in total. The van der Waals surface area contributed by atoms with Crippen LogP contribution in [-0.4, -0.2) is 95.8 Å². The minimum absolute atomic E-state index is 0. The molecule has 12 nitrogen and oxygen atoms in total. The van der Waals surface area contributed by atoms with Gasteiger partial charge in [-0.05, 0) is 101 Å². The first-order valence-corrected chi connectivity index (χ1v) is 25.4. The Labute approximate surface area is 395 Å². The van der Waals surface area contributed by atoms with Crippen LogP contribution in [0, 0.1) is 0 Å². The van der Waals surface area contributed by atoms with E-state index in [1.807, 2.05) is 32.9 Å². The molecule has 6 aromatic rings. The van der Waals surface area contributed by atoms with Crippen molar-refractivity contribution >= 4 is 139 Å². The molecule has 0 radical (unpaired) electrons. The van der Waals surface area contributed by atoms with Crippen LogP contribution in [0.5, 0.6) is 0 Å². The Balaban J connectivity index is 0.000000209. The maximum atomic E-state index is 13.3. The van der Waals surface area contributed by atoms with Gasteiger partial charge in [0.15, 0.2) is 0 Å². The molecule has 0 atom stereocenters. The Morgan fingerprint density at radius 3 is 1.65 bits per heavy atom. The predicted molar refractivity (Wildman–Crippen MR) is 255 cm³/mol. The van der Waals surface area contributed by atoms with Gasteiger partial charge in [0, 0.05) is 78.4 Å². The molecule has 2 saturated heterocycles. The molecule has 1 amide bonds. The van der Waals surface area contributed by atoms with E-state index in [9.17, 15) is 21.6 Å². The lowest BCUT2D eigenvalue weighted by Crippen LogP contribution is -2.39. The number of fused-ring (bicyclic) bond motifs is 2. The first-order chi connectivity index (χ1) is 28.9. The first-order valence-electron chi connectivity index (χ1n) is 19.3. The molecule has 21 heteroatoms. The van der Waals surface area contributed by atoms with Gasteiger partial charge in [0.05, 0.1) is 29.9 Å². The molecule has 0 unspecified atom stereocenters. The summed E-state index contributed by atoms with van der Waals surface area (Å²) < 4.78 is 60.4. The minimum atomic E-state index is -3.77. The molecular weight excluding hydrogens is 978 g/mol. The lowest BCUT2D eigenvalue weighted by molar-refractivity contribution is 0.0263. The van der Waals surface area contributed by atoms with Gasteiger partial charge in [0.25, 0.3) is 0 Å². The number of sulfone groups is 2. The van der Waals surface area contributed by atoms with Gasteiger partial charge >= 0.3 is 6.09 Å². The Hall–Kier alpha value is -3.16. The van der Waals surface area contributed by atoms with Crippen molar-refractivity contribution in [2.75, 3.05) is 62.2 Å². The van der Waals surface area contributed by atoms with E-state index in [1.54, 1.807) is 29.4 Å². The van der Waals surface area contributed by atoms with Crippen LogP contribution in [0.4, 0.5) is 16.4 Å². The number of nitrogens with zero attached hydrogens (tertiary/aromatic N) is 5. The number of pyridine rings is 2. The summed E-state index contributed by atoms with van der Waals surface area (Å²) in [6, 6.07) is 15.7. The number of hydrogen-bond donors (Lipinski definition) is 1. The number of ether oxygens (including phenoxy) is 1. The third-order valence-corrected chi connectivity index (χ3v) is 18.0. The van der Waals surface area contributed by atoms with Crippen LogP contribution in [0.1, 0.15) is 33.6 Å². The number of rotatable bonds is 6. The minimum Gasteiger partial charge on any atom is -0.444 e. The number of aromatic nitrogens is 2. The van der Waals surface area contributed by atoms with Crippen molar-refractivity contribution in [3.05, 3.63) is 93.1 Å². The number of anilines is 2. The van der Waals surface area contributed by atoms with Gasteiger partial charge in [-0.15, -0.1) is 35.1 Å². The van der Waals surface area contributed by atoms with E-state index >= 15 is 0 Å². The molecule has 0 bridgehead atoms. The van der Waals surface area contributed by atoms with Crippen LogP contribution in [0.2, 0.25) is 20.1 Å². The van der Waals surface area contributed by atoms with Gasteiger partial charge in [-0.1, -0.05) is 46.4 Å². The summed E-state index contributed by atoms with van der Waals surface area (Å²) in [5.41, 5.74) is -0.552. The maximum Gasteiger partial charge on any atom is 0.410 e. The average Bonchev–Trinajstić information content (AvgIpc) is 3.67. The monoisotopic (exact) mass is 1020 g/mol. The van der Waals surface area contributed by atoms with Crippen LogP contribution >= 0.6 is 81.5 Å². The quantitative estimate of drug-likeness (QED) is 0.170. The summed E-state index contributed by atoms with van der Waals surface area (Å²) in [4.78, 5) is 27.8. The first kappa shape index (κ1) is 48.3. The van der Waals surface area contributed by atoms with Crippen LogP contribution < -0.4 is 15.1 Å². The van der Waals surface area contributed by atoms with Crippen LogP contribution in [0.3, 0.4) is 0 Å². The van der Waals surface area contributed by atoms with Crippen molar-refractivity contribution in [2.45, 2.75) is 57.4 Å². The molecule has 4 aromatic heterocycles. The highest BCUT2D eigenvalue weighted by molar-refractivity contribution is 7.94. The van der Waals surface area contributed by atoms with Gasteiger partial charge in [-0.3, -0.25) is 0 Å². The SMILES string of the molecule is CC(C)(C)OC(=O)N1CCCN(c2nccc3sc(S(=O)(=O)c4ccc(Cl)c(Cl)c4)cc23)CC1.Cl.O=S(=O)(c1ccc(Cl)c(Cl)c1)c1cc2c(N3CCCNCC3)nccc2s1. The van der Waals surface area contributed by atoms with Crippen LogP contribution in [0.25, 0.3) is 20.2 Å². The fraction of sp³-hybridized carbons (Fsp3) is 0.341. The number of carbonyl (C=O) groups is 1. The third kappa shape index (κ3) is 10.8. The smallest absolute Gasteiger partial charge is 0.410 e. The van der Waals surface area contributed by atoms with Gasteiger partial charge < -0.3 is 24.8 Å². The molecule has 2 aliphatic rings. The van der Waals surface area contributed by atoms with E-state index in [4.69, 9.17) is 51.1 Å². The maximum absolute atomic E-state index is 13.3. The Morgan fingerprint density at radius 2 is 1.15 bits per heavy atom. The normalized spacial score (nSPS) is 15.4. The Bertz CT molecular complexity index is 2810. The lowest BCUT2D eigenvalue weighted by Gasteiger charge is -2.26. The Morgan fingerprint density at radius 1 is 0.645 bits per heavy atom. The van der Waals surface area contributed by atoms with Gasteiger partial charge in [0.2, 0.25) is 19.7 Å². The zero-order chi connectivity index (χ0) is 43.7. The molecule has 2 aliphatic heterocycles. The zero-order valence-electron chi connectivity index (χ0n) is 33.7. The molecule has 62 heavy (non-hydrogen) atoms. The molecular formula is C41H43Cl5N6O6S4. The summed E-state index contributed by atoms with van der Waals surface area (Å²) >= 11 is 26.4. The molecule has 0 aliphatic carbocycles. The van der Waals surface area contributed by atoms with Crippen molar-refractivity contribution in [3.8, 4) is 0 Å². The molecule has 2 aromatic carbocycles. The highest BCUT2D eigenvalue weighted by Crippen LogP contribution is 2.40. The number of carbonyl (C=O) groups excluding carboxylic acids is 1. The second-order valence-corrected chi connectivity index (χ2v) is 23.4. The molecule has 2 fully saturated rings. The topological polar surface area (TPSA) is 142 Å². The van der Waals surface area contributed by atoms with Crippen molar-refractivity contribution in [1.29, 1.82) is 0 Å². The highest BCUT2D eigenvalue weighted by Gasteiger charge is 2.28. The van der Waals surface area contributed by atoms with Crippen molar-refractivity contribution in [1.82, 2.24) is 20.2 Å². The molecule has 332 valence electrons. The molecule has 0 spiro atoms. The van der Waals surface area contributed by atoms with Gasteiger partial charge in [0.1, 0.15) is 25.7 Å². The van der Waals surface area contributed by atoms with E-state index in [0.29, 0.717) is 42.0 Å². The van der Waals surface area contributed by atoms with Gasteiger partial charge in [-0.2, -0.15) is 0 Å². The van der Waals surface area contributed by atoms with Crippen molar-refractivity contribution in [2.24, 2.45) is 0 Å². The average molecular weight is 1020 g/mol. The largest absolute Gasteiger partial charge is 0.444 e. The summed E-state index contributed by atoms with van der Waals surface area (Å²) in [6.07, 6.45) is 4.86. The lowest BCUT2D eigenvalue weighted by atomic mass is 10.2. The Kier molecular flexibility index (Phi) is 15.5. The van der Waals surface area contributed by atoms with E-state index in [1.165, 1.54) is 59.1 Å². The number of thiophene rings is 2. The number of benzene rings is 2. The number of halogens is 5.